The Kier molecular flexibility index (Phi) is 6.18. The maximum Gasteiger partial charge on any atom is 0.334 e. The third kappa shape index (κ3) is 4.79. The van der Waals surface area contributed by atoms with Crippen molar-refractivity contribution in [1.82, 2.24) is 34.6 Å². The van der Waals surface area contributed by atoms with E-state index >= 15 is 0 Å². The second-order valence-corrected chi connectivity index (χ2v) is 10.0. The van der Waals surface area contributed by atoms with Gasteiger partial charge in [0.05, 0.1) is 28.5 Å². The topological polar surface area (TPSA) is 97.5 Å². The maximum absolute atomic E-state index is 11.3. The van der Waals surface area contributed by atoms with Gasteiger partial charge < -0.3 is 14.9 Å². The number of benzene rings is 2. The molecule has 0 aliphatic heterocycles. The molecule has 0 unspecified atom stereocenters. The Morgan fingerprint density at radius 2 is 1.71 bits per heavy atom. The summed E-state index contributed by atoms with van der Waals surface area (Å²) in [6.07, 6.45) is 9.42. The fourth-order valence-corrected chi connectivity index (χ4v) is 5.04. The zero-order valence-corrected chi connectivity index (χ0v) is 22.4. The monoisotopic (exact) mass is 539 g/mol. The van der Waals surface area contributed by atoms with Crippen molar-refractivity contribution in [3.05, 3.63) is 131 Å². The summed E-state index contributed by atoms with van der Waals surface area (Å²) in [5, 5.41) is 9.49. The van der Waals surface area contributed by atoms with Crippen LogP contribution in [0.2, 0.25) is 0 Å². The van der Waals surface area contributed by atoms with Gasteiger partial charge in [0.15, 0.2) is 5.69 Å². The lowest BCUT2D eigenvalue weighted by molar-refractivity contribution is -0.498. The first-order chi connectivity index (χ1) is 20.1. The Hall–Kier alpha value is -5.41. The molecule has 0 bridgehead atoms. The number of pyridine rings is 3. The number of aryl methyl sites for hydroxylation is 1. The summed E-state index contributed by atoms with van der Waals surface area (Å²) in [5.74, 6) is 0.749. The van der Waals surface area contributed by atoms with Crippen LogP contribution in [-0.4, -0.2) is 29.3 Å². The Morgan fingerprint density at radius 3 is 2.46 bits per heavy atom. The van der Waals surface area contributed by atoms with Crippen LogP contribution < -0.4 is 15.3 Å². The van der Waals surface area contributed by atoms with Crippen molar-refractivity contribution in [3.63, 3.8) is 0 Å². The van der Waals surface area contributed by atoms with E-state index in [1.807, 2.05) is 65.2 Å². The van der Waals surface area contributed by atoms with Crippen molar-refractivity contribution < 1.29 is 4.40 Å². The van der Waals surface area contributed by atoms with Crippen LogP contribution in [0.15, 0.2) is 115 Å². The molecular weight excluding hydrogens is 512 g/mol. The number of H-pyrrole nitrogens is 1. The quantitative estimate of drug-likeness (QED) is 0.296. The third-order valence-corrected chi connectivity index (χ3v) is 7.12. The molecule has 0 amide bonds. The van der Waals surface area contributed by atoms with Crippen molar-refractivity contribution in [1.29, 1.82) is 0 Å². The molecule has 0 atom stereocenters. The largest absolute Gasteiger partial charge is 0.340 e. The van der Waals surface area contributed by atoms with Crippen LogP contribution in [-0.2, 0) is 20.1 Å². The molecule has 7 aromatic rings. The van der Waals surface area contributed by atoms with Gasteiger partial charge in [-0.05, 0) is 41.0 Å². The van der Waals surface area contributed by atoms with Gasteiger partial charge in [-0.3, -0.25) is 9.78 Å². The minimum absolute atomic E-state index is 0.0975. The highest BCUT2D eigenvalue weighted by Gasteiger charge is 2.27. The smallest absolute Gasteiger partial charge is 0.334 e. The lowest BCUT2D eigenvalue weighted by Crippen LogP contribution is -2.22. The van der Waals surface area contributed by atoms with Crippen LogP contribution >= 0.6 is 0 Å². The summed E-state index contributed by atoms with van der Waals surface area (Å²) < 4.78 is 5.98. The molecule has 2 N–H and O–H groups in total. The summed E-state index contributed by atoms with van der Waals surface area (Å²) in [6, 6.07) is 26.2. The highest BCUT2D eigenvalue weighted by molar-refractivity contribution is 5.93. The minimum Gasteiger partial charge on any atom is -0.340 e. The van der Waals surface area contributed by atoms with Gasteiger partial charge >= 0.3 is 5.82 Å². The maximum atomic E-state index is 11.3. The summed E-state index contributed by atoms with van der Waals surface area (Å²) in [4.78, 5) is 23.4. The first-order valence-electron chi connectivity index (χ1n) is 13.4. The highest BCUT2D eigenvalue weighted by atomic mass is 16.1. The van der Waals surface area contributed by atoms with Crippen LogP contribution in [0.5, 0.6) is 0 Å². The molecule has 0 fully saturated rings. The van der Waals surface area contributed by atoms with E-state index in [4.69, 9.17) is 10.1 Å². The molecule has 41 heavy (non-hydrogen) atoms. The van der Waals surface area contributed by atoms with Crippen molar-refractivity contribution in [2.45, 2.75) is 13.1 Å². The number of nitrogens with zero attached hydrogens (tertiary/aromatic N) is 6. The van der Waals surface area contributed by atoms with E-state index in [1.165, 1.54) is 0 Å². The van der Waals surface area contributed by atoms with Gasteiger partial charge in [-0.2, -0.15) is 4.40 Å². The fraction of sp³-hybridized carbons (Fsp3) is 0.0938. The molecule has 0 radical (unpaired) electrons. The zero-order valence-electron chi connectivity index (χ0n) is 22.4. The van der Waals surface area contributed by atoms with Gasteiger partial charge in [0.1, 0.15) is 5.69 Å². The first kappa shape index (κ1) is 24.6. The molecule has 0 aliphatic carbocycles. The fourth-order valence-electron chi connectivity index (χ4n) is 5.04. The third-order valence-electron chi connectivity index (χ3n) is 7.12. The molecule has 0 spiro atoms. The number of fused-ring (bicyclic) bond motifs is 3. The molecule has 7 rings (SSSR count). The van der Waals surface area contributed by atoms with Crippen molar-refractivity contribution >= 4 is 16.6 Å². The van der Waals surface area contributed by atoms with Crippen LogP contribution in [0.3, 0.4) is 0 Å². The van der Waals surface area contributed by atoms with E-state index in [9.17, 15) is 4.79 Å². The van der Waals surface area contributed by atoms with Crippen LogP contribution in [0, 0.1) is 0 Å². The average Bonchev–Trinajstić information content (AvgIpc) is 3.62. The van der Waals surface area contributed by atoms with Crippen molar-refractivity contribution in [3.8, 4) is 28.3 Å². The Labute approximate surface area is 235 Å². The Morgan fingerprint density at radius 1 is 0.902 bits per heavy atom. The van der Waals surface area contributed by atoms with Crippen molar-refractivity contribution in [2.24, 2.45) is 7.05 Å². The Balaban J connectivity index is 1.29. The molecule has 9 heteroatoms. The molecule has 2 aromatic carbocycles. The van der Waals surface area contributed by atoms with Crippen LogP contribution in [0.4, 0.5) is 0 Å². The number of aromatic amines is 1. The molecular formula is C32H27N8O+. The molecule has 200 valence electrons. The number of aromatic nitrogens is 7. The lowest BCUT2D eigenvalue weighted by Gasteiger charge is -2.06. The van der Waals surface area contributed by atoms with Gasteiger partial charge in [-0.25, -0.2) is 4.98 Å². The van der Waals surface area contributed by atoms with Gasteiger partial charge in [0.2, 0.25) is 5.56 Å². The summed E-state index contributed by atoms with van der Waals surface area (Å²) in [7, 11) is 1.95. The molecule has 0 saturated heterocycles. The molecule has 5 heterocycles. The highest BCUT2D eigenvalue weighted by Crippen LogP contribution is 2.27. The predicted octanol–water partition coefficient (Wildman–Crippen LogP) is 4.20. The van der Waals surface area contributed by atoms with E-state index in [-0.39, 0.29) is 5.56 Å². The van der Waals surface area contributed by atoms with E-state index < -0.39 is 0 Å². The SMILES string of the molecule is Cn1cnc(-c2nn(-c3ccc(CNCc4ccc(=O)[nH]c4)cc3)c3c4cc(-c5ccccc5)cnc4cc[n+]23)c1. The number of nitrogens with one attached hydrogen (secondary N) is 2. The number of rotatable bonds is 7. The van der Waals surface area contributed by atoms with Gasteiger partial charge in [-0.15, -0.1) is 0 Å². The summed E-state index contributed by atoms with van der Waals surface area (Å²) in [5.41, 5.74) is 7.76. The lowest BCUT2D eigenvalue weighted by atomic mass is 10.1. The number of imidazole rings is 1. The van der Waals surface area contributed by atoms with Crippen molar-refractivity contribution in [2.75, 3.05) is 0 Å². The van der Waals surface area contributed by atoms with Gasteiger partial charge in [0.25, 0.3) is 5.65 Å². The second kappa shape index (κ2) is 10.3. The number of hydrogen-bond acceptors (Lipinski definition) is 5. The first-order valence-corrected chi connectivity index (χ1v) is 13.4. The predicted molar refractivity (Wildman–Crippen MR) is 157 cm³/mol. The summed E-state index contributed by atoms with van der Waals surface area (Å²) >= 11 is 0. The normalized spacial score (nSPS) is 11.4. The molecule has 0 aliphatic rings. The molecule has 9 nitrogen and oxygen atoms in total. The standard InChI is InChI=1S/C32H26N8O/c1-38-20-29(36-21-38)31-37-40(26-10-7-22(8-11-26)16-33-17-23-9-12-30(41)35-18-23)32-27-15-25(24-5-3-2-4-6-24)19-34-28(27)13-14-39(31)32/h2-15,18-21,33H,16-17H2,1H3/p+1. The van der Waals surface area contributed by atoms with Gasteiger partial charge in [-0.1, -0.05) is 53.2 Å². The van der Waals surface area contributed by atoms with Crippen LogP contribution in [0.25, 0.3) is 44.9 Å². The van der Waals surface area contributed by atoms with E-state index in [0.29, 0.717) is 13.1 Å². The van der Waals surface area contributed by atoms with Gasteiger partial charge in [0, 0.05) is 50.4 Å². The van der Waals surface area contributed by atoms with Crippen LogP contribution in [0.1, 0.15) is 11.1 Å². The minimum atomic E-state index is -0.0975. The second-order valence-electron chi connectivity index (χ2n) is 10.0. The Bertz CT molecular complexity index is 2040. The molecule has 5 aromatic heterocycles. The average molecular weight is 540 g/mol. The summed E-state index contributed by atoms with van der Waals surface area (Å²) in [6.45, 7) is 1.36. The van der Waals surface area contributed by atoms with E-state index in [2.05, 4.69) is 62.2 Å². The molecule has 0 saturated carbocycles. The van der Waals surface area contributed by atoms with E-state index in [1.54, 1.807) is 18.6 Å². The number of hydrogen-bond donors (Lipinski definition) is 2. The zero-order chi connectivity index (χ0) is 27.8. The van der Waals surface area contributed by atoms with E-state index in [0.717, 1.165) is 56.0 Å².